The Morgan fingerprint density at radius 1 is 1.23 bits per heavy atom. The minimum atomic E-state index is -0.647. The van der Waals surface area contributed by atoms with Gasteiger partial charge in [-0.2, -0.15) is 0 Å². The summed E-state index contributed by atoms with van der Waals surface area (Å²) in [4.78, 5) is 26.7. The molecule has 2 heterocycles. The van der Waals surface area contributed by atoms with Crippen LogP contribution >= 0.6 is 11.8 Å². The second-order valence-corrected chi connectivity index (χ2v) is 6.33. The lowest BCUT2D eigenvalue weighted by atomic mass is 10.2. The molecule has 0 amide bonds. The fourth-order valence-electron chi connectivity index (χ4n) is 2.18. The molecule has 136 valence electrons. The Labute approximate surface area is 151 Å². The summed E-state index contributed by atoms with van der Waals surface area (Å²) >= 11 is 1.19. The Morgan fingerprint density at radius 3 is 2.73 bits per heavy atom. The van der Waals surface area contributed by atoms with Crippen LogP contribution in [-0.2, 0) is 5.75 Å². The van der Waals surface area contributed by atoms with E-state index in [0.717, 1.165) is 6.20 Å². The molecule has 4 N–H and O–H groups in total. The number of nitrogens with zero attached hydrogens (tertiary/aromatic N) is 3. The molecule has 0 aliphatic carbocycles. The van der Waals surface area contributed by atoms with Crippen molar-refractivity contribution in [1.29, 1.82) is 0 Å². The number of hydrogen-bond donors (Lipinski definition) is 4. The molecule has 0 aliphatic rings. The fourth-order valence-corrected chi connectivity index (χ4v) is 3.01. The fraction of sp³-hybridized carbons (Fsp3) is 0.250. The number of aromatic amines is 1. The number of rotatable bonds is 7. The zero-order valence-electron chi connectivity index (χ0n) is 13.5. The monoisotopic (exact) mass is 377 g/mol. The summed E-state index contributed by atoms with van der Waals surface area (Å²) in [5, 5.41) is 21.7. The van der Waals surface area contributed by atoms with Gasteiger partial charge >= 0.3 is 0 Å². The number of anilines is 1. The van der Waals surface area contributed by atoms with Crippen molar-refractivity contribution in [2.75, 3.05) is 18.5 Å². The van der Waals surface area contributed by atoms with Crippen molar-refractivity contribution in [3.8, 4) is 0 Å². The van der Waals surface area contributed by atoms with Gasteiger partial charge in [0.1, 0.15) is 11.3 Å². The summed E-state index contributed by atoms with van der Waals surface area (Å²) in [6, 6.07) is 5.74. The van der Waals surface area contributed by atoms with Crippen molar-refractivity contribution in [1.82, 2.24) is 19.9 Å². The van der Waals surface area contributed by atoms with E-state index in [1.807, 2.05) is 0 Å². The molecule has 0 unspecified atom stereocenters. The number of aliphatic hydroxyl groups is 2. The van der Waals surface area contributed by atoms with E-state index < -0.39 is 11.6 Å². The number of halogens is 1. The van der Waals surface area contributed by atoms with Gasteiger partial charge in [0.2, 0.25) is 0 Å². The van der Waals surface area contributed by atoms with Gasteiger partial charge in [0, 0.05) is 5.75 Å². The molecule has 0 radical (unpaired) electrons. The molecular weight excluding hydrogens is 361 g/mol. The van der Waals surface area contributed by atoms with E-state index in [1.54, 1.807) is 18.2 Å². The van der Waals surface area contributed by atoms with Crippen LogP contribution in [0.25, 0.3) is 11.2 Å². The molecule has 2 aromatic heterocycles. The zero-order valence-corrected chi connectivity index (χ0v) is 14.3. The van der Waals surface area contributed by atoms with Gasteiger partial charge in [0.25, 0.3) is 5.56 Å². The Morgan fingerprint density at radius 2 is 2.00 bits per heavy atom. The maximum atomic E-state index is 13.8. The highest BCUT2D eigenvalue weighted by Gasteiger charge is 2.14. The molecule has 10 heteroatoms. The highest BCUT2D eigenvalue weighted by atomic mass is 32.2. The molecule has 1 aromatic carbocycles. The largest absolute Gasteiger partial charge is 0.394 e. The first-order chi connectivity index (χ1) is 12.6. The SMILES string of the molecule is O=c1cnc2c(NC(CO)CO)nc(SCc3ccccc3F)nc2[nH]1. The second-order valence-electron chi connectivity index (χ2n) is 5.39. The molecule has 0 fully saturated rings. The quantitative estimate of drug-likeness (QED) is 0.354. The lowest BCUT2D eigenvalue weighted by Gasteiger charge is -2.15. The summed E-state index contributed by atoms with van der Waals surface area (Å²) in [7, 11) is 0. The molecule has 0 spiro atoms. The van der Waals surface area contributed by atoms with E-state index in [1.165, 1.54) is 17.8 Å². The van der Waals surface area contributed by atoms with Crippen molar-refractivity contribution in [2.24, 2.45) is 0 Å². The third-order valence-electron chi connectivity index (χ3n) is 3.51. The smallest absolute Gasteiger partial charge is 0.268 e. The average Bonchev–Trinajstić information content (AvgIpc) is 2.65. The minimum Gasteiger partial charge on any atom is -0.394 e. The topological polar surface area (TPSA) is 124 Å². The van der Waals surface area contributed by atoms with E-state index in [9.17, 15) is 19.4 Å². The third kappa shape index (κ3) is 4.15. The van der Waals surface area contributed by atoms with Crippen molar-refractivity contribution < 1.29 is 14.6 Å². The molecule has 0 saturated carbocycles. The van der Waals surface area contributed by atoms with E-state index in [-0.39, 0.29) is 30.5 Å². The average molecular weight is 377 g/mol. The predicted molar refractivity (Wildman–Crippen MR) is 95.5 cm³/mol. The number of aliphatic hydroxyl groups excluding tert-OH is 2. The molecule has 3 rings (SSSR count). The van der Waals surface area contributed by atoms with Crippen LogP contribution in [0.4, 0.5) is 10.2 Å². The number of aromatic nitrogens is 4. The van der Waals surface area contributed by atoms with Gasteiger partial charge in [0.05, 0.1) is 25.5 Å². The van der Waals surface area contributed by atoms with Crippen molar-refractivity contribution in [2.45, 2.75) is 17.0 Å². The van der Waals surface area contributed by atoms with Crippen LogP contribution in [0.5, 0.6) is 0 Å². The predicted octanol–water partition coefficient (Wildman–Crippen LogP) is 0.910. The summed E-state index contributed by atoms with van der Waals surface area (Å²) in [6.07, 6.45) is 1.09. The van der Waals surface area contributed by atoms with Crippen molar-refractivity contribution >= 4 is 28.7 Å². The van der Waals surface area contributed by atoms with Crippen LogP contribution in [0, 0.1) is 5.82 Å². The number of hydrogen-bond acceptors (Lipinski definition) is 8. The minimum absolute atomic E-state index is 0.209. The van der Waals surface area contributed by atoms with Gasteiger partial charge in [0.15, 0.2) is 16.6 Å². The van der Waals surface area contributed by atoms with E-state index in [4.69, 9.17) is 0 Å². The summed E-state index contributed by atoms with van der Waals surface area (Å²) < 4.78 is 13.8. The number of H-pyrrole nitrogens is 1. The molecular formula is C16H16FN5O3S. The van der Waals surface area contributed by atoms with Crippen LogP contribution in [0.2, 0.25) is 0 Å². The van der Waals surface area contributed by atoms with Crippen molar-refractivity contribution in [3.63, 3.8) is 0 Å². The first-order valence-electron chi connectivity index (χ1n) is 7.72. The lowest BCUT2D eigenvalue weighted by molar-refractivity contribution is 0.203. The highest BCUT2D eigenvalue weighted by Crippen LogP contribution is 2.25. The summed E-state index contributed by atoms with van der Waals surface area (Å²) in [5.41, 5.74) is 0.583. The highest BCUT2D eigenvalue weighted by molar-refractivity contribution is 7.98. The van der Waals surface area contributed by atoms with E-state index in [0.29, 0.717) is 22.0 Å². The number of thioether (sulfide) groups is 1. The number of benzene rings is 1. The summed E-state index contributed by atoms with van der Waals surface area (Å²) in [6.45, 7) is -0.633. The Bertz CT molecular complexity index is 964. The van der Waals surface area contributed by atoms with Gasteiger partial charge in [-0.15, -0.1) is 0 Å². The van der Waals surface area contributed by atoms with Crippen LogP contribution in [0.3, 0.4) is 0 Å². The van der Waals surface area contributed by atoms with Crippen LogP contribution in [-0.4, -0.2) is 49.4 Å². The van der Waals surface area contributed by atoms with Crippen LogP contribution in [0.15, 0.2) is 40.4 Å². The van der Waals surface area contributed by atoms with Crippen molar-refractivity contribution in [3.05, 3.63) is 52.2 Å². The normalized spacial score (nSPS) is 11.2. The Balaban J connectivity index is 1.94. The molecule has 0 bridgehead atoms. The molecule has 3 aromatic rings. The maximum absolute atomic E-state index is 13.8. The molecule has 8 nitrogen and oxygen atoms in total. The standard InChI is InChI=1S/C16H16FN5O3S/c17-11-4-2-1-3-9(11)8-26-16-21-14(19-10(6-23)7-24)13-15(22-16)20-12(25)5-18-13/h1-5,10,23-24H,6-8H2,(H2,19,20,21,22,25). The first kappa shape index (κ1) is 18.2. The third-order valence-corrected chi connectivity index (χ3v) is 4.41. The van der Waals surface area contributed by atoms with Gasteiger partial charge in [-0.3, -0.25) is 4.79 Å². The molecule has 26 heavy (non-hydrogen) atoms. The number of nitrogens with one attached hydrogen (secondary N) is 2. The van der Waals surface area contributed by atoms with Crippen LogP contribution < -0.4 is 10.9 Å². The first-order valence-corrected chi connectivity index (χ1v) is 8.70. The molecule has 0 saturated heterocycles. The maximum Gasteiger partial charge on any atom is 0.268 e. The molecule has 0 aliphatic heterocycles. The van der Waals surface area contributed by atoms with Gasteiger partial charge in [-0.25, -0.2) is 19.3 Å². The van der Waals surface area contributed by atoms with Gasteiger partial charge in [-0.05, 0) is 11.6 Å². The second kappa shape index (κ2) is 8.21. The van der Waals surface area contributed by atoms with E-state index in [2.05, 4.69) is 25.3 Å². The number of fused-ring (bicyclic) bond motifs is 1. The van der Waals surface area contributed by atoms with Crippen LogP contribution in [0.1, 0.15) is 5.56 Å². The lowest BCUT2D eigenvalue weighted by Crippen LogP contribution is -2.28. The van der Waals surface area contributed by atoms with Gasteiger partial charge in [-0.1, -0.05) is 30.0 Å². The Kier molecular flexibility index (Phi) is 5.76. The van der Waals surface area contributed by atoms with Gasteiger partial charge < -0.3 is 20.5 Å². The summed E-state index contributed by atoms with van der Waals surface area (Å²) in [5.74, 6) is 0.233. The van der Waals surface area contributed by atoms with E-state index >= 15 is 0 Å². The molecule has 0 atom stereocenters. The zero-order chi connectivity index (χ0) is 18.5. The Hall–Kier alpha value is -2.56.